The Balaban J connectivity index is 0. The molecule has 0 bridgehead atoms. The molecule has 86 valence electrons. The molecule has 0 fully saturated rings. The summed E-state index contributed by atoms with van der Waals surface area (Å²) in [6.45, 7) is 10.4. The Morgan fingerprint density at radius 1 is 1.21 bits per heavy atom. The summed E-state index contributed by atoms with van der Waals surface area (Å²) in [5, 5.41) is 3.08. The van der Waals surface area contributed by atoms with Crippen molar-refractivity contribution in [1.82, 2.24) is 5.32 Å². The lowest BCUT2D eigenvalue weighted by Crippen LogP contribution is -2.37. The Labute approximate surface area is 89.9 Å². The molecular weight excluding hydrogens is 174 g/mol. The third-order valence-corrected chi connectivity index (χ3v) is 2.46. The van der Waals surface area contributed by atoms with Crippen molar-refractivity contribution in [1.29, 1.82) is 0 Å². The molecule has 1 unspecified atom stereocenters. The molecule has 0 heterocycles. The summed E-state index contributed by atoms with van der Waals surface area (Å²) in [7, 11) is 0. The topological polar surface area (TPSA) is 29.1 Å². The van der Waals surface area contributed by atoms with Crippen LogP contribution in [0.3, 0.4) is 0 Å². The molecule has 1 amide bonds. The first-order chi connectivity index (χ1) is 6.47. The zero-order valence-electron chi connectivity index (χ0n) is 10.3. The lowest BCUT2D eigenvalue weighted by atomic mass is 10.0. The number of nitrogens with one attached hydrogen (secondary N) is 1. The van der Waals surface area contributed by atoms with E-state index in [1.54, 1.807) is 0 Å². The Morgan fingerprint density at radius 3 is 2.14 bits per heavy atom. The molecular formula is C12H27NO. The second-order valence-electron chi connectivity index (χ2n) is 4.74. The van der Waals surface area contributed by atoms with Gasteiger partial charge in [0.25, 0.3) is 0 Å². The van der Waals surface area contributed by atoms with Gasteiger partial charge in [-0.15, -0.1) is 0 Å². The van der Waals surface area contributed by atoms with E-state index in [0.717, 1.165) is 18.8 Å². The second-order valence-corrected chi connectivity index (χ2v) is 4.74. The highest BCUT2D eigenvalue weighted by molar-refractivity contribution is 5.78. The van der Waals surface area contributed by atoms with Crippen LogP contribution in [-0.2, 0) is 4.79 Å². The van der Waals surface area contributed by atoms with Gasteiger partial charge in [0.2, 0.25) is 5.91 Å². The number of hydrogen-bond donors (Lipinski definition) is 1. The van der Waals surface area contributed by atoms with Gasteiger partial charge in [-0.3, -0.25) is 4.79 Å². The molecule has 0 rings (SSSR count). The second kappa shape index (κ2) is 6.86. The van der Waals surface area contributed by atoms with Crippen LogP contribution in [0.5, 0.6) is 0 Å². The summed E-state index contributed by atoms with van der Waals surface area (Å²) in [6.07, 6.45) is 3.33. The maximum Gasteiger partial charge on any atom is 0.222 e. The highest BCUT2D eigenvalue weighted by Crippen LogP contribution is 2.09. The standard InChI is InChI=1S/C12H25NO.H2/c1-6-11(8-7-9(2)3)13-12(14)10(4)5;/h9-11H,6-8H2,1-5H3,(H,13,14);1H. The molecule has 0 saturated heterocycles. The Kier molecular flexibility index (Phi) is 6.60. The molecule has 14 heavy (non-hydrogen) atoms. The van der Waals surface area contributed by atoms with E-state index < -0.39 is 0 Å². The van der Waals surface area contributed by atoms with Crippen molar-refractivity contribution in [2.24, 2.45) is 11.8 Å². The van der Waals surface area contributed by atoms with E-state index in [2.05, 4.69) is 26.1 Å². The van der Waals surface area contributed by atoms with Crippen LogP contribution in [0.4, 0.5) is 0 Å². The normalized spacial score (nSPS) is 13.4. The lowest BCUT2D eigenvalue weighted by Gasteiger charge is -2.19. The molecule has 0 aromatic heterocycles. The zero-order chi connectivity index (χ0) is 11.1. The summed E-state index contributed by atoms with van der Waals surface area (Å²) in [6, 6.07) is 0.368. The molecule has 2 nitrogen and oxygen atoms in total. The van der Waals surface area contributed by atoms with Gasteiger partial charge >= 0.3 is 0 Å². The number of carbonyl (C=O) groups excluding carboxylic acids is 1. The number of rotatable bonds is 6. The first-order valence-corrected chi connectivity index (χ1v) is 5.77. The molecule has 0 aliphatic carbocycles. The third kappa shape index (κ3) is 6.01. The van der Waals surface area contributed by atoms with Gasteiger partial charge < -0.3 is 5.32 Å². The third-order valence-electron chi connectivity index (χ3n) is 2.46. The first-order valence-electron chi connectivity index (χ1n) is 5.77. The van der Waals surface area contributed by atoms with Gasteiger partial charge in [-0.1, -0.05) is 34.6 Å². The van der Waals surface area contributed by atoms with Gasteiger partial charge in [-0.05, 0) is 25.2 Å². The van der Waals surface area contributed by atoms with E-state index >= 15 is 0 Å². The van der Waals surface area contributed by atoms with Crippen molar-refractivity contribution >= 4 is 5.91 Å². The van der Waals surface area contributed by atoms with Crippen molar-refractivity contribution in [3.63, 3.8) is 0 Å². The van der Waals surface area contributed by atoms with E-state index in [-0.39, 0.29) is 13.3 Å². The molecule has 0 aromatic carbocycles. The maximum atomic E-state index is 11.4. The predicted octanol–water partition coefficient (Wildman–Crippen LogP) is 3.22. The molecule has 0 saturated carbocycles. The Bertz CT molecular complexity index is 169. The van der Waals surface area contributed by atoms with Crippen LogP contribution < -0.4 is 5.32 Å². The van der Waals surface area contributed by atoms with E-state index in [0.29, 0.717) is 6.04 Å². The van der Waals surface area contributed by atoms with Crippen LogP contribution in [0.1, 0.15) is 55.3 Å². The molecule has 0 aliphatic rings. The summed E-state index contributed by atoms with van der Waals surface area (Å²) in [4.78, 5) is 11.4. The summed E-state index contributed by atoms with van der Waals surface area (Å²) >= 11 is 0. The van der Waals surface area contributed by atoms with Gasteiger partial charge in [0.1, 0.15) is 0 Å². The molecule has 0 aliphatic heterocycles. The van der Waals surface area contributed by atoms with Crippen LogP contribution in [0.2, 0.25) is 0 Å². The van der Waals surface area contributed by atoms with Crippen LogP contribution >= 0.6 is 0 Å². The summed E-state index contributed by atoms with van der Waals surface area (Å²) in [5.74, 6) is 1.00. The molecule has 0 spiro atoms. The van der Waals surface area contributed by atoms with E-state index in [9.17, 15) is 4.79 Å². The Morgan fingerprint density at radius 2 is 1.79 bits per heavy atom. The van der Waals surface area contributed by atoms with Gasteiger partial charge in [-0.2, -0.15) is 0 Å². The summed E-state index contributed by atoms with van der Waals surface area (Å²) in [5.41, 5.74) is 0. The maximum absolute atomic E-state index is 11.4. The number of amides is 1. The van der Waals surface area contributed by atoms with Crippen molar-refractivity contribution in [2.75, 3.05) is 0 Å². The smallest absolute Gasteiger partial charge is 0.222 e. The van der Waals surface area contributed by atoms with Crippen molar-refractivity contribution in [2.45, 2.75) is 59.9 Å². The van der Waals surface area contributed by atoms with Crippen LogP contribution in [-0.4, -0.2) is 11.9 Å². The first kappa shape index (κ1) is 13.5. The van der Waals surface area contributed by atoms with Crippen LogP contribution in [0, 0.1) is 11.8 Å². The quantitative estimate of drug-likeness (QED) is 0.702. The predicted molar refractivity (Wildman–Crippen MR) is 63.2 cm³/mol. The molecule has 0 radical (unpaired) electrons. The minimum absolute atomic E-state index is 0. The van der Waals surface area contributed by atoms with Gasteiger partial charge in [0.15, 0.2) is 0 Å². The van der Waals surface area contributed by atoms with E-state index in [1.165, 1.54) is 6.42 Å². The number of carbonyl (C=O) groups is 1. The largest absolute Gasteiger partial charge is 0.353 e. The van der Waals surface area contributed by atoms with Crippen molar-refractivity contribution < 1.29 is 6.22 Å². The summed E-state index contributed by atoms with van der Waals surface area (Å²) < 4.78 is 0. The minimum atomic E-state index is 0. The highest BCUT2D eigenvalue weighted by Gasteiger charge is 2.13. The van der Waals surface area contributed by atoms with E-state index in [4.69, 9.17) is 0 Å². The monoisotopic (exact) mass is 201 g/mol. The van der Waals surface area contributed by atoms with Crippen LogP contribution in [0.15, 0.2) is 0 Å². The SMILES string of the molecule is CCC(CCC(C)C)NC(=O)C(C)C.[HH]. The van der Waals surface area contributed by atoms with Crippen molar-refractivity contribution in [3.05, 3.63) is 0 Å². The fraction of sp³-hybridized carbons (Fsp3) is 0.917. The highest BCUT2D eigenvalue weighted by atomic mass is 16.1. The van der Waals surface area contributed by atoms with Gasteiger partial charge in [0.05, 0.1) is 0 Å². The molecule has 0 aromatic rings. The van der Waals surface area contributed by atoms with Crippen LogP contribution in [0.25, 0.3) is 0 Å². The number of hydrogen-bond acceptors (Lipinski definition) is 1. The fourth-order valence-corrected chi connectivity index (χ4v) is 1.28. The van der Waals surface area contributed by atoms with Gasteiger partial charge in [-0.25, -0.2) is 0 Å². The molecule has 1 N–H and O–H groups in total. The van der Waals surface area contributed by atoms with E-state index in [1.807, 2.05) is 13.8 Å². The molecule has 2 heteroatoms. The average molecular weight is 201 g/mol. The van der Waals surface area contributed by atoms with Crippen molar-refractivity contribution in [3.8, 4) is 0 Å². The van der Waals surface area contributed by atoms with Gasteiger partial charge in [0, 0.05) is 13.4 Å². The fourth-order valence-electron chi connectivity index (χ4n) is 1.28. The molecule has 1 atom stereocenters. The average Bonchev–Trinajstić information content (AvgIpc) is 2.11. The zero-order valence-corrected chi connectivity index (χ0v) is 10.3. The minimum Gasteiger partial charge on any atom is -0.353 e. The lowest BCUT2D eigenvalue weighted by molar-refractivity contribution is -0.124. The Hall–Kier alpha value is -0.530.